The van der Waals surface area contributed by atoms with Gasteiger partial charge >= 0.3 is 0 Å². The molecule has 0 atom stereocenters. The second-order valence-corrected chi connectivity index (χ2v) is 8.38. The molecule has 0 aliphatic carbocycles. The van der Waals surface area contributed by atoms with Crippen LogP contribution < -0.4 is 0 Å². The first-order chi connectivity index (χ1) is 8.44. The van der Waals surface area contributed by atoms with E-state index in [1.54, 1.807) is 0 Å². The van der Waals surface area contributed by atoms with E-state index < -0.39 is 0 Å². The topological polar surface area (TPSA) is 9.72 Å². The summed E-state index contributed by atoms with van der Waals surface area (Å²) < 4.78 is 2.42. The molecule has 2 saturated heterocycles. The largest absolute Gasteiger partial charge is 0.303 e. The van der Waals surface area contributed by atoms with Crippen LogP contribution in [0.3, 0.4) is 0 Å². The van der Waals surface area contributed by atoms with Crippen LogP contribution in [0.1, 0.15) is 33.6 Å². The average molecular weight is 365 g/mol. The van der Waals surface area contributed by atoms with E-state index in [4.69, 9.17) is 0 Å². The SMILES string of the molecule is CC(C)(C)CN1CCC(N2CCN(I)CC2)CC1. The van der Waals surface area contributed by atoms with Gasteiger partial charge in [-0.2, -0.15) is 0 Å². The van der Waals surface area contributed by atoms with Crippen LogP contribution in [0.25, 0.3) is 0 Å². The summed E-state index contributed by atoms with van der Waals surface area (Å²) in [4.78, 5) is 5.38. The Morgan fingerprint density at radius 3 is 2.00 bits per heavy atom. The molecular weight excluding hydrogens is 337 g/mol. The van der Waals surface area contributed by atoms with Crippen molar-refractivity contribution in [2.24, 2.45) is 5.41 Å². The van der Waals surface area contributed by atoms with Crippen molar-refractivity contribution >= 4 is 22.9 Å². The third-order valence-corrected chi connectivity index (χ3v) is 5.00. The first-order valence-corrected chi connectivity index (χ1v) is 8.28. The van der Waals surface area contributed by atoms with Crippen molar-refractivity contribution in [1.82, 2.24) is 12.9 Å². The molecule has 4 heteroatoms. The highest BCUT2D eigenvalue weighted by Gasteiger charge is 2.28. The molecule has 0 spiro atoms. The molecule has 2 fully saturated rings. The maximum Gasteiger partial charge on any atom is 0.0209 e. The maximum absolute atomic E-state index is 2.73. The van der Waals surface area contributed by atoms with Gasteiger partial charge in [0.25, 0.3) is 0 Å². The highest BCUT2D eigenvalue weighted by Crippen LogP contribution is 2.22. The van der Waals surface area contributed by atoms with Gasteiger partial charge in [-0.3, -0.25) is 4.90 Å². The Labute approximate surface area is 126 Å². The summed E-state index contributed by atoms with van der Waals surface area (Å²) in [5.41, 5.74) is 0.444. The van der Waals surface area contributed by atoms with E-state index in [2.05, 4.69) is 56.5 Å². The van der Waals surface area contributed by atoms with E-state index in [0.717, 1.165) is 6.04 Å². The third-order valence-electron chi connectivity index (χ3n) is 4.03. The minimum atomic E-state index is 0.444. The number of halogens is 1. The zero-order valence-electron chi connectivity index (χ0n) is 12.2. The van der Waals surface area contributed by atoms with E-state index in [9.17, 15) is 0 Å². The standard InChI is InChI=1S/C14H28IN3/c1-14(2,3)12-16-6-4-13(5-7-16)17-8-10-18(15)11-9-17/h13H,4-12H2,1-3H3. The first kappa shape index (κ1) is 15.0. The first-order valence-electron chi connectivity index (χ1n) is 7.31. The van der Waals surface area contributed by atoms with Gasteiger partial charge in [0, 0.05) is 61.6 Å². The normalized spacial score (nSPS) is 26.7. The smallest absolute Gasteiger partial charge is 0.0209 e. The molecule has 2 heterocycles. The maximum atomic E-state index is 2.73. The Morgan fingerprint density at radius 2 is 1.50 bits per heavy atom. The molecule has 2 aliphatic heterocycles. The zero-order chi connectivity index (χ0) is 13.2. The molecule has 0 N–H and O–H groups in total. The van der Waals surface area contributed by atoms with Gasteiger partial charge in [0.2, 0.25) is 0 Å². The molecule has 0 aromatic rings. The van der Waals surface area contributed by atoms with Crippen LogP contribution in [0.4, 0.5) is 0 Å². The molecule has 0 unspecified atom stereocenters. The summed E-state index contributed by atoms with van der Waals surface area (Å²) in [6, 6.07) is 0.853. The van der Waals surface area contributed by atoms with Crippen molar-refractivity contribution < 1.29 is 0 Å². The van der Waals surface area contributed by atoms with Crippen molar-refractivity contribution in [2.45, 2.75) is 39.7 Å². The van der Waals surface area contributed by atoms with Gasteiger partial charge in [0.1, 0.15) is 0 Å². The van der Waals surface area contributed by atoms with Crippen molar-refractivity contribution in [3.05, 3.63) is 0 Å². The van der Waals surface area contributed by atoms with Gasteiger partial charge in [0.05, 0.1) is 0 Å². The minimum absolute atomic E-state index is 0.444. The molecule has 0 aromatic heterocycles. The van der Waals surface area contributed by atoms with Gasteiger partial charge in [-0.15, -0.1) is 0 Å². The fourth-order valence-electron chi connectivity index (χ4n) is 3.18. The average Bonchev–Trinajstić information content (AvgIpc) is 2.29. The summed E-state index contributed by atoms with van der Waals surface area (Å²) in [5.74, 6) is 0. The lowest BCUT2D eigenvalue weighted by Crippen LogP contribution is -2.52. The minimum Gasteiger partial charge on any atom is -0.303 e. The van der Waals surface area contributed by atoms with E-state index in [1.807, 2.05) is 0 Å². The molecule has 2 rings (SSSR count). The monoisotopic (exact) mass is 365 g/mol. The Balaban J connectivity index is 1.73. The predicted octanol–water partition coefficient (Wildman–Crippen LogP) is 2.46. The van der Waals surface area contributed by atoms with E-state index in [1.165, 1.54) is 58.7 Å². The van der Waals surface area contributed by atoms with Gasteiger partial charge in [-0.25, -0.2) is 3.11 Å². The number of piperidine rings is 1. The van der Waals surface area contributed by atoms with Crippen LogP contribution in [0.15, 0.2) is 0 Å². The number of hydrogen-bond acceptors (Lipinski definition) is 3. The second kappa shape index (κ2) is 6.37. The Kier molecular flexibility index (Phi) is 5.31. The highest BCUT2D eigenvalue weighted by molar-refractivity contribution is 14.1. The van der Waals surface area contributed by atoms with Crippen molar-refractivity contribution in [2.75, 3.05) is 45.8 Å². The lowest BCUT2D eigenvalue weighted by Gasteiger charge is -2.42. The fraction of sp³-hybridized carbons (Fsp3) is 1.00. The molecule has 18 heavy (non-hydrogen) atoms. The molecule has 2 aliphatic rings. The number of rotatable bonds is 2. The number of nitrogens with zero attached hydrogens (tertiary/aromatic N) is 3. The van der Waals surface area contributed by atoms with E-state index >= 15 is 0 Å². The van der Waals surface area contributed by atoms with Crippen LogP contribution in [0.2, 0.25) is 0 Å². The second-order valence-electron chi connectivity index (χ2n) is 7.01. The summed E-state index contributed by atoms with van der Waals surface area (Å²) in [6.07, 6.45) is 2.74. The number of likely N-dealkylation sites (tertiary alicyclic amines) is 1. The number of piperazine rings is 1. The van der Waals surface area contributed by atoms with Crippen LogP contribution in [-0.2, 0) is 0 Å². The van der Waals surface area contributed by atoms with E-state index in [-0.39, 0.29) is 0 Å². The summed E-state index contributed by atoms with van der Waals surface area (Å²) >= 11 is 2.45. The summed E-state index contributed by atoms with van der Waals surface area (Å²) in [6.45, 7) is 15.9. The Bertz CT molecular complexity index is 248. The van der Waals surface area contributed by atoms with Crippen LogP contribution in [0, 0.1) is 5.41 Å². The highest BCUT2D eigenvalue weighted by atomic mass is 127. The van der Waals surface area contributed by atoms with Gasteiger partial charge < -0.3 is 4.90 Å². The third kappa shape index (κ3) is 4.62. The summed E-state index contributed by atoms with van der Waals surface area (Å²) in [5, 5.41) is 0. The molecule has 0 bridgehead atoms. The van der Waals surface area contributed by atoms with Gasteiger partial charge in [0.15, 0.2) is 0 Å². The van der Waals surface area contributed by atoms with E-state index in [0.29, 0.717) is 5.41 Å². The van der Waals surface area contributed by atoms with Crippen LogP contribution in [0.5, 0.6) is 0 Å². The van der Waals surface area contributed by atoms with Gasteiger partial charge in [-0.05, 0) is 31.3 Å². The fourth-order valence-corrected chi connectivity index (χ4v) is 3.61. The van der Waals surface area contributed by atoms with Crippen LogP contribution in [-0.4, -0.2) is 64.8 Å². The Hall–Kier alpha value is 0.610. The lowest BCUT2D eigenvalue weighted by atomic mass is 9.94. The van der Waals surface area contributed by atoms with Crippen molar-refractivity contribution in [1.29, 1.82) is 0 Å². The molecule has 0 aromatic carbocycles. The number of hydrogen-bond donors (Lipinski definition) is 0. The van der Waals surface area contributed by atoms with Gasteiger partial charge in [-0.1, -0.05) is 20.8 Å². The Morgan fingerprint density at radius 1 is 0.944 bits per heavy atom. The molecule has 0 radical (unpaired) electrons. The van der Waals surface area contributed by atoms with Crippen LogP contribution >= 0.6 is 22.9 Å². The molecular formula is C14H28IN3. The molecule has 0 amide bonds. The lowest BCUT2D eigenvalue weighted by molar-refractivity contribution is 0.0727. The van der Waals surface area contributed by atoms with Crippen molar-refractivity contribution in [3.63, 3.8) is 0 Å². The zero-order valence-corrected chi connectivity index (χ0v) is 14.3. The quantitative estimate of drug-likeness (QED) is 0.550. The van der Waals surface area contributed by atoms with Crippen molar-refractivity contribution in [3.8, 4) is 0 Å². The predicted molar refractivity (Wildman–Crippen MR) is 86.1 cm³/mol. The molecule has 106 valence electrons. The molecule has 0 saturated carbocycles. The molecule has 3 nitrogen and oxygen atoms in total. The summed E-state index contributed by atoms with van der Waals surface area (Å²) in [7, 11) is 0.